The second-order valence-electron chi connectivity index (χ2n) is 12.4. The molecule has 5 rings (SSSR count). The highest BCUT2D eigenvalue weighted by atomic mass is 32.2. The molecule has 1 saturated heterocycles. The van der Waals surface area contributed by atoms with E-state index in [9.17, 15) is 14.4 Å². The molecular weight excluding hydrogens is 574 g/mol. The number of nitrogens with zero attached hydrogens (tertiary/aromatic N) is 4. The van der Waals surface area contributed by atoms with Crippen LogP contribution in [0.5, 0.6) is 0 Å². The number of imide groups is 1. The predicted molar refractivity (Wildman–Crippen MR) is 176 cm³/mol. The first kappa shape index (κ1) is 32.0. The summed E-state index contributed by atoms with van der Waals surface area (Å²) in [7, 11) is 0. The second-order valence-corrected chi connectivity index (χ2v) is 13.6. The van der Waals surface area contributed by atoms with E-state index in [1.54, 1.807) is 0 Å². The Labute approximate surface area is 263 Å². The summed E-state index contributed by atoms with van der Waals surface area (Å²) in [6.45, 7) is 8.02. The van der Waals surface area contributed by atoms with Crippen molar-refractivity contribution in [2.24, 2.45) is 11.8 Å². The van der Waals surface area contributed by atoms with Gasteiger partial charge in [0.2, 0.25) is 11.8 Å². The van der Waals surface area contributed by atoms with E-state index in [2.05, 4.69) is 29.1 Å². The highest BCUT2D eigenvalue weighted by molar-refractivity contribution is 8.01. The number of carbonyl (C=O) groups excluding carboxylic acids is 2. The summed E-state index contributed by atoms with van der Waals surface area (Å²) >= 11 is 1.05. The fraction of sp³-hybridized carbons (Fsp3) is 0.559. The van der Waals surface area contributed by atoms with Crippen molar-refractivity contribution in [3.63, 3.8) is 0 Å². The number of fused-ring (bicyclic) bond motifs is 3. The Morgan fingerprint density at radius 3 is 2.61 bits per heavy atom. The van der Waals surface area contributed by atoms with Gasteiger partial charge in [0.05, 0.1) is 22.0 Å². The Hall–Kier alpha value is -3.40. The topological polar surface area (TPSA) is 131 Å². The maximum atomic E-state index is 12.7. The predicted octanol–water partition coefficient (Wildman–Crippen LogP) is 6.38. The van der Waals surface area contributed by atoms with Crippen molar-refractivity contribution >= 4 is 57.3 Å². The normalized spacial score (nSPS) is 20.7. The lowest BCUT2D eigenvalue weighted by atomic mass is 9.77. The number of nitrogen functional groups attached to an aromatic ring is 1. The highest BCUT2D eigenvalue weighted by Gasteiger charge is 2.40. The number of amides is 2. The third kappa shape index (κ3) is 7.28. The van der Waals surface area contributed by atoms with Gasteiger partial charge in [-0.15, -0.1) is 11.8 Å². The van der Waals surface area contributed by atoms with Crippen molar-refractivity contribution in [3.8, 4) is 0 Å². The van der Waals surface area contributed by atoms with Crippen LogP contribution in [0, 0.1) is 11.8 Å². The number of benzene rings is 1. The summed E-state index contributed by atoms with van der Waals surface area (Å²) < 4.78 is 2.38. The van der Waals surface area contributed by atoms with Gasteiger partial charge >= 0.3 is 5.97 Å². The molecule has 44 heavy (non-hydrogen) atoms. The highest BCUT2D eigenvalue weighted by Crippen LogP contribution is 2.36. The molecule has 2 aliphatic rings. The number of anilines is 1. The first-order valence-electron chi connectivity index (χ1n) is 16.1. The van der Waals surface area contributed by atoms with Crippen molar-refractivity contribution in [1.29, 1.82) is 0 Å². The van der Waals surface area contributed by atoms with Gasteiger partial charge in [0.15, 0.2) is 5.82 Å². The number of nitrogens with two attached hydrogens (primary N) is 1. The Morgan fingerprint density at radius 2 is 1.86 bits per heavy atom. The van der Waals surface area contributed by atoms with E-state index < -0.39 is 11.2 Å². The van der Waals surface area contributed by atoms with E-state index in [4.69, 9.17) is 15.8 Å². The maximum absolute atomic E-state index is 12.7. The molecule has 1 unspecified atom stereocenters. The van der Waals surface area contributed by atoms with Crippen LogP contribution in [0.4, 0.5) is 5.82 Å². The summed E-state index contributed by atoms with van der Waals surface area (Å²) in [5, 5.41) is 9.45. The zero-order chi connectivity index (χ0) is 31.2. The van der Waals surface area contributed by atoms with Crippen molar-refractivity contribution in [2.45, 2.75) is 95.8 Å². The summed E-state index contributed by atoms with van der Waals surface area (Å²) in [5.41, 5.74) is 10.5. The van der Waals surface area contributed by atoms with E-state index in [0.29, 0.717) is 24.2 Å². The number of rotatable bonds is 15. The second kappa shape index (κ2) is 14.6. The van der Waals surface area contributed by atoms with Crippen molar-refractivity contribution in [1.82, 2.24) is 19.4 Å². The van der Waals surface area contributed by atoms with Gasteiger partial charge < -0.3 is 15.4 Å². The number of pyridine rings is 1. The third-order valence-corrected chi connectivity index (χ3v) is 10.5. The molecule has 0 spiro atoms. The first-order valence-corrected chi connectivity index (χ1v) is 17.2. The van der Waals surface area contributed by atoms with Crippen molar-refractivity contribution in [2.75, 3.05) is 18.0 Å². The van der Waals surface area contributed by atoms with Gasteiger partial charge in [0, 0.05) is 31.3 Å². The summed E-state index contributed by atoms with van der Waals surface area (Å²) in [4.78, 5) is 46.9. The number of thioether (sulfide) groups is 1. The average Bonchev–Trinajstić information content (AvgIpc) is 3.51. The summed E-state index contributed by atoms with van der Waals surface area (Å²) in [6, 6.07) is 8.17. The van der Waals surface area contributed by atoms with Crippen LogP contribution in [0.15, 0.2) is 36.4 Å². The fourth-order valence-corrected chi connectivity index (χ4v) is 7.71. The third-order valence-electron chi connectivity index (χ3n) is 9.30. The number of aliphatic carboxylic acids is 1. The fourth-order valence-electron chi connectivity index (χ4n) is 6.83. The Balaban J connectivity index is 1.09. The van der Waals surface area contributed by atoms with E-state index >= 15 is 0 Å². The molecule has 1 aliphatic carbocycles. The number of allylic oxidation sites excluding steroid dienone is 1. The minimum absolute atomic E-state index is 0.113. The van der Waals surface area contributed by atoms with Gasteiger partial charge in [-0.05, 0) is 69.3 Å². The molecule has 9 nitrogen and oxygen atoms in total. The minimum Gasteiger partial charge on any atom is -0.481 e. The van der Waals surface area contributed by atoms with Gasteiger partial charge in [-0.2, -0.15) is 0 Å². The number of carboxylic acids is 1. The van der Waals surface area contributed by atoms with Crippen LogP contribution < -0.4 is 5.73 Å². The molecule has 0 radical (unpaired) electrons. The van der Waals surface area contributed by atoms with Crippen LogP contribution in [0.3, 0.4) is 0 Å². The van der Waals surface area contributed by atoms with Gasteiger partial charge in [-0.1, -0.05) is 50.1 Å². The average molecular weight is 620 g/mol. The zero-order valence-electron chi connectivity index (χ0n) is 25.8. The number of hydrogen-bond acceptors (Lipinski definition) is 7. The molecule has 2 aromatic heterocycles. The van der Waals surface area contributed by atoms with E-state index in [-0.39, 0.29) is 24.0 Å². The van der Waals surface area contributed by atoms with Crippen LogP contribution in [0.2, 0.25) is 0 Å². The van der Waals surface area contributed by atoms with Crippen LogP contribution in [-0.4, -0.2) is 59.9 Å². The van der Waals surface area contributed by atoms with E-state index in [1.165, 1.54) is 10.5 Å². The number of hydrogen-bond donors (Lipinski definition) is 2. The van der Waals surface area contributed by atoms with Gasteiger partial charge in [-0.3, -0.25) is 19.3 Å². The molecule has 2 fully saturated rings. The lowest BCUT2D eigenvalue weighted by Gasteiger charge is -2.31. The number of carbonyl (C=O) groups is 3. The molecule has 3 N–H and O–H groups in total. The molecule has 1 aliphatic heterocycles. The van der Waals surface area contributed by atoms with Gasteiger partial charge in [-0.25, -0.2) is 9.97 Å². The molecule has 0 bridgehead atoms. The molecule has 236 valence electrons. The van der Waals surface area contributed by atoms with Crippen LogP contribution >= 0.6 is 11.8 Å². The number of carboxylic acid groups (broad SMARTS) is 1. The Bertz CT molecular complexity index is 1530. The van der Waals surface area contributed by atoms with Crippen LogP contribution in [0.25, 0.3) is 21.9 Å². The monoisotopic (exact) mass is 619 g/mol. The zero-order valence-corrected chi connectivity index (χ0v) is 26.6. The molecule has 1 saturated carbocycles. The van der Waals surface area contributed by atoms with Gasteiger partial charge in [0.25, 0.3) is 0 Å². The SMILES string of the molecule is C=C(CCCCCn1c(CCCC)nc2c(N)nc3ccccc3c21)C1CCC(CN2C(=O)CC(SCC(=O)O)C2=O)CC1. The number of para-hydroxylation sites is 1. The molecule has 10 heteroatoms. The number of imidazole rings is 1. The maximum Gasteiger partial charge on any atom is 0.313 e. The van der Waals surface area contributed by atoms with Crippen LogP contribution in [-0.2, 0) is 27.3 Å². The summed E-state index contributed by atoms with van der Waals surface area (Å²) in [6.07, 6.45) is 11.6. The van der Waals surface area contributed by atoms with Crippen molar-refractivity contribution in [3.05, 3.63) is 42.2 Å². The molecule has 2 amide bonds. The smallest absolute Gasteiger partial charge is 0.313 e. The van der Waals surface area contributed by atoms with Gasteiger partial charge in [0.1, 0.15) is 11.3 Å². The minimum atomic E-state index is -0.965. The first-order chi connectivity index (χ1) is 21.3. The standard InChI is InChI=1S/C34H45N5O4S/c1-3-4-13-28-37-31-32(25-11-7-8-12-26(25)36-33(31)35)38(28)18-9-5-6-10-22(2)24-16-14-23(15-17-24)20-39-29(40)19-27(34(39)43)44-21-30(41)42/h7-8,11-12,23-24,27H,2-6,9-10,13-21H2,1H3,(H2,35,36)(H,41,42). The molecule has 1 aromatic carbocycles. The van der Waals surface area contributed by atoms with Crippen molar-refractivity contribution < 1.29 is 19.5 Å². The number of aryl methyl sites for hydroxylation is 2. The van der Waals surface area contributed by atoms with E-state index in [0.717, 1.165) is 117 Å². The molecule has 1 atom stereocenters. The molecule has 3 heterocycles. The molecular formula is C34H45N5O4S. The molecule has 3 aromatic rings. The quantitative estimate of drug-likeness (QED) is 0.114. The van der Waals surface area contributed by atoms with Crippen LogP contribution in [0.1, 0.15) is 83.4 Å². The Kier molecular flexibility index (Phi) is 10.6. The number of aromatic nitrogens is 3. The number of unbranched alkanes of at least 4 members (excludes halogenated alkanes) is 3. The Morgan fingerprint density at radius 1 is 1.09 bits per heavy atom. The van der Waals surface area contributed by atoms with E-state index in [1.807, 2.05) is 18.2 Å². The summed E-state index contributed by atoms with van der Waals surface area (Å²) in [5.74, 6) is 0.889. The largest absolute Gasteiger partial charge is 0.481 e. The lowest BCUT2D eigenvalue weighted by Crippen LogP contribution is -2.37. The number of likely N-dealkylation sites (tertiary alicyclic amines) is 1. The lowest BCUT2D eigenvalue weighted by molar-refractivity contribution is -0.139.